The molecule has 5 N–H and O–H groups in total. The van der Waals surface area contributed by atoms with Gasteiger partial charge >= 0.3 is 0 Å². The van der Waals surface area contributed by atoms with E-state index >= 15 is 0 Å². The second-order valence-electron chi connectivity index (χ2n) is 11.5. The zero-order valence-corrected chi connectivity index (χ0v) is 25.1. The Morgan fingerprint density at radius 2 is 1.81 bits per heavy atom. The van der Waals surface area contributed by atoms with Gasteiger partial charge in [0, 0.05) is 38.8 Å². The van der Waals surface area contributed by atoms with Crippen LogP contribution in [0.2, 0.25) is 5.02 Å². The number of carbonyl (C=O) groups excluding carboxylic acids is 1. The van der Waals surface area contributed by atoms with Crippen LogP contribution in [0.25, 0.3) is 0 Å². The van der Waals surface area contributed by atoms with Crippen molar-refractivity contribution in [3.05, 3.63) is 47.0 Å². The molecule has 2 aliphatic heterocycles. The van der Waals surface area contributed by atoms with Gasteiger partial charge < -0.3 is 40.3 Å². The van der Waals surface area contributed by atoms with Crippen molar-refractivity contribution < 1.29 is 34.3 Å². The molecule has 0 bridgehead atoms. The van der Waals surface area contributed by atoms with Gasteiger partial charge in [0.25, 0.3) is 0 Å². The number of ether oxygens (including phenoxy) is 1. The number of halogens is 2. The van der Waals surface area contributed by atoms with Crippen LogP contribution in [-0.2, 0) is 11.2 Å². The fourth-order valence-corrected chi connectivity index (χ4v) is 5.58. The summed E-state index contributed by atoms with van der Waals surface area (Å²) in [6.45, 7) is 3.52. The number of aliphatic hydroxyl groups is 4. The molecule has 43 heavy (non-hydrogen) atoms. The Labute approximate surface area is 256 Å². The number of hydrogen-bond donors (Lipinski definition) is 5. The van der Waals surface area contributed by atoms with E-state index in [9.17, 15) is 24.5 Å². The number of benzene rings is 1. The summed E-state index contributed by atoms with van der Waals surface area (Å²) in [7, 11) is 0. The maximum absolute atomic E-state index is 14.7. The number of hydrogen-bond acceptors (Lipinski definition) is 10. The zero-order valence-electron chi connectivity index (χ0n) is 24.3. The van der Waals surface area contributed by atoms with Crippen LogP contribution in [0.5, 0.6) is 5.75 Å². The molecule has 1 aromatic heterocycles. The summed E-state index contributed by atoms with van der Waals surface area (Å²) in [5, 5.41) is 41.2. The number of amides is 1. The van der Waals surface area contributed by atoms with E-state index in [2.05, 4.69) is 20.2 Å². The van der Waals surface area contributed by atoms with E-state index in [1.165, 1.54) is 6.07 Å². The monoisotopic (exact) mass is 623 g/mol. The van der Waals surface area contributed by atoms with Crippen molar-refractivity contribution in [2.75, 3.05) is 57.4 Å². The third-order valence-electron chi connectivity index (χ3n) is 8.26. The van der Waals surface area contributed by atoms with E-state index in [4.69, 9.17) is 21.4 Å². The first-order valence-corrected chi connectivity index (χ1v) is 15.4. The molecule has 0 spiro atoms. The van der Waals surface area contributed by atoms with Crippen molar-refractivity contribution in [2.24, 2.45) is 11.8 Å². The summed E-state index contributed by atoms with van der Waals surface area (Å²) >= 11 is 5.87. The van der Waals surface area contributed by atoms with E-state index < -0.39 is 30.7 Å². The second-order valence-corrected chi connectivity index (χ2v) is 12.0. The minimum absolute atomic E-state index is 0.00585. The number of aromatic nitrogens is 2. The Morgan fingerprint density at radius 1 is 1.09 bits per heavy atom. The minimum atomic E-state index is -1.42. The van der Waals surface area contributed by atoms with E-state index in [1.54, 1.807) is 29.4 Å². The van der Waals surface area contributed by atoms with Gasteiger partial charge in [0.2, 0.25) is 11.9 Å². The Morgan fingerprint density at radius 3 is 2.49 bits per heavy atom. The molecule has 0 radical (unpaired) electrons. The van der Waals surface area contributed by atoms with Gasteiger partial charge in [0.1, 0.15) is 23.8 Å². The number of aliphatic hydroxyl groups excluding tert-OH is 4. The molecule has 11 nitrogen and oxygen atoms in total. The maximum atomic E-state index is 14.7. The highest BCUT2D eigenvalue weighted by Crippen LogP contribution is 2.26. The number of anilines is 1. The maximum Gasteiger partial charge on any atom is 0.227 e. The van der Waals surface area contributed by atoms with Crippen LogP contribution in [-0.4, -0.2) is 112 Å². The third kappa shape index (κ3) is 9.95. The zero-order chi connectivity index (χ0) is 30.8. The average Bonchev–Trinajstić information content (AvgIpc) is 2.99. The molecule has 1 amide bonds. The first kappa shape index (κ1) is 33.3. The van der Waals surface area contributed by atoms with E-state index in [0.29, 0.717) is 60.4 Å². The molecule has 1 aromatic carbocycles. The highest BCUT2D eigenvalue weighted by atomic mass is 35.5. The lowest BCUT2D eigenvalue weighted by Gasteiger charge is -2.39. The summed E-state index contributed by atoms with van der Waals surface area (Å²) in [5.41, 5.74) is 0.344. The van der Waals surface area contributed by atoms with Crippen molar-refractivity contribution in [1.82, 2.24) is 20.2 Å². The largest absolute Gasteiger partial charge is 0.493 e. The van der Waals surface area contributed by atoms with E-state index in [0.717, 1.165) is 45.2 Å². The van der Waals surface area contributed by atoms with Crippen LogP contribution in [0.4, 0.5) is 10.3 Å². The quantitative estimate of drug-likeness (QED) is 0.174. The number of rotatable bonds is 16. The molecular formula is C30H43ClFN5O6. The molecule has 2 aliphatic rings. The lowest BCUT2D eigenvalue weighted by atomic mass is 9.92. The van der Waals surface area contributed by atoms with Gasteiger partial charge in [0.15, 0.2) is 0 Å². The Balaban J connectivity index is 1.07. The van der Waals surface area contributed by atoms with Crippen LogP contribution in [0.15, 0.2) is 30.6 Å². The van der Waals surface area contributed by atoms with Crippen molar-refractivity contribution in [2.45, 2.75) is 56.8 Å². The van der Waals surface area contributed by atoms with Crippen molar-refractivity contribution in [3.63, 3.8) is 0 Å². The summed E-state index contributed by atoms with van der Waals surface area (Å²) < 4.78 is 20.5. The van der Waals surface area contributed by atoms with Crippen LogP contribution < -0.4 is 15.0 Å². The van der Waals surface area contributed by atoms with Gasteiger partial charge in [-0.2, -0.15) is 0 Å². The predicted octanol–water partition coefficient (Wildman–Crippen LogP) is 1.40. The number of nitrogens with zero attached hydrogens (tertiary/aromatic N) is 4. The summed E-state index contributed by atoms with van der Waals surface area (Å²) in [6, 6.07) is 4.68. The lowest BCUT2D eigenvalue weighted by Crippen LogP contribution is -2.51. The highest BCUT2D eigenvalue weighted by molar-refractivity contribution is 6.30. The number of piperidine rings is 1. The average molecular weight is 624 g/mol. The van der Waals surface area contributed by atoms with Gasteiger partial charge in [-0.05, 0) is 62.1 Å². The smallest absolute Gasteiger partial charge is 0.227 e. The molecule has 3 unspecified atom stereocenters. The molecule has 2 saturated heterocycles. The van der Waals surface area contributed by atoms with Crippen LogP contribution in [0.1, 0.15) is 37.7 Å². The summed E-state index contributed by atoms with van der Waals surface area (Å²) in [6.07, 6.45) is 4.03. The molecular weight excluding hydrogens is 581 g/mol. The molecule has 238 valence electrons. The fourth-order valence-electron chi connectivity index (χ4n) is 5.49. The topological polar surface area (TPSA) is 152 Å². The van der Waals surface area contributed by atoms with Crippen molar-refractivity contribution >= 4 is 23.5 Å². The van der Waals surface area contributed by atoms with Crippen molar-refractivity contribution in [1.29, 1.82) is 0 Å². The number of nitrogens with one attached hydrogen (secondary N) is 1. The summed E-state index contributed by atoms with van der Waals surface area (Å²) in [5.74, 6) is 1.51. The second kappa shape index (κ2) is 16.5. The van der Waals surface area contributed by atoms with Crippen LogP contribution in [0.3, 0.4) is 0 Å². The van der Waals surface area contributed by atoms with Crippen LogP contribution >= 0.6 is 11.6 Å². The fraction of sp³-hybridized carbons (Fsp3) is 0.633. The molecule has 4 rings (SSSR count). The molecule has 0 saturated carbocycles. The van der Waals surface area contributed by atoms with Crippen LogP contribution in [0, 0.1) is 17.7 Å². The van der Waals surface area contributed by atoms with E-state index in [-0.39, 0.29) is 18.9 Å². The number of carbonyl (C=O) groups is 1. The molecule has 0 aliphatic carbocycles. The van der Waals surface area contributed by atoms with Gasteiger partial charge in [-0.25, -0.2) is 14.4 Å². The molecule has 2 fully saturated rings. The first-order valence-electron chi connectivity index (χ1n) is 15.0. The Bertz CT molecular complexity index is 1150. The SMILES string of the molecule is O=C(Cc1ccc(OCCCC2CCN(c3ncc(Cl)cn3)CC2)cc1F)N1CC(CCNCC(O)C(O)C(O)CO)C1. The first-order chi connectivity index (χ1) is 20.7. The normalized spacial score (nSPS) is 18.3. The standard InChI is InChI=1S/C30H43ClFN5O6/c31-23-14-34-30(35-15-23)36-9-6-20(7-10-36)2-1-11-43-24-4-3-22(25(32)13-24)12-28(41)37-17-21(18-37)5-8-33-16-26(39)29(42)27(40)19-38/h3-4,13-15,20-21,26-27,29,33,38-40,42H,1-2,5-12,16-19H2. The Kier molecular flexibility index (Phi) is 12.7. The lowest BCUT2D eigenvalue weighted by molar-refractivity contribution is -0.136. The van der Waals surface area contributed by atoms with E-state index in [1.807, 2.05) is 0 Å². The third-order valence-corrected chi connectivity index (χ3v) is 8.46. The van der Waals surface area contributed by atoms with Crippen molar-refractivity contribution in [3.8, 4) is 5.75 Å². The number of likely N-dealkylation sites (tertiary alicyclic amines) is 1. The summed E-state index contributed by atoms with van der Waals surface area (Å²) in [4.78, 5) is 25.1. The van der Waals surface area contributed by atoms with Gasteiger partial charge in [-0.3, -0.25) is 4.79 Å². The molecule has 13 heteroatoms. The molecule has 3 heterocycles. The van der Waals surface area contributed by atoms with Gasteiger partial charge in [0.05, 0.1) is 43.2 Å². The predicted molar refractivity (Wildman–Crippen MR) is 159 cm³/mol. The van der Waals surface area contributed by atoms with Gasteiger partial charge in [-0.15, -0.1) is 0 Å². The molecule has 2 aromatic rings. The Hall–Kier alpha value is -2.61. The molecule has 3 atom stereocenters. The minimum Gasteiger partial charge on any atom is -0.493 e. The van der Waals surface area contributed by atoms with Gasteiger partial charge in [-0.1, -0.05) is 17.7 Å². The highest BCUT2D eigenvalue weighted by Gasteiger charge is 2.31.